The van der Waals surface area contributed by atoms with Crippen molar-refractivity contribution >= 4 is 43.2 Å². The van der Waals surface area contributed by atoms with Crippen molar-refractivity contribution in [2.75, 3.05) is 23.3 Å². The van der Waals surface area contributed by atoms with Gasteiger partial charge in [-0.15, -0.1) is 0 Å². The predicted molar refractivity (Wildman–Crippen MR) is 137 cm³/mol. The first-order valence-electron chi connectivity index (χ1n) is 10.8. The van der Waals surface area contributed by atoms with Gasteiger partial charge in [0.05, 0.1) is 11.5 Å². The molecule has 0 saturated carbocycles. The minimum absolute atomic E-state index is 0.0760. The number of carbonyl (C=O) groups is 1. The molecule has 0 heterocycles. The molecule has 0 unspecified atom stereocenters. The van der Waals surface area contributed by atoms with Crippen LogP contribution in [0.15, 0.2) is 76.1 Å². The molecular formula is C25H27BrN2O5S. The number of benzene rings is 3. The zero-order chi connectivity index (χ0) is 24.7. The monoisotopic (exact) mass is 546 g/mol. The van der Waals surface area contributed by atoms with Gasteiger partial charge in [-0.05, 0) is 85.1 Å². The number of hydrogen-bond donors (Lipinski definition) is 2. The van der Waals surface area contributed by atoms with Crippen LogP contribution in [0.3, 0.4) is 0 Å². The summed E-state index contributed by atoms with van der Waals surface area (Å²) in [4.78, 5) is 12.4. The third-order valence-electron chi connectivity index (χ3n) is 4.82. The maximum Gasteiger partial charge on any atom is 0.262 e. The summed E-state index contributed by atoms with van der Waals surface area (Å²) in [6, 6.07) is 18.2. The molecule has 0 spiro atoms. The van der Waals surface area contributed by atoms with E-state index in [0.29, 0.717) is 29.5 Å². The van der Waals surface area contributed by atoms with Crippen LogP contribution in [-0.2, 0) is 14.8 Å². The highest BCUT2D eigenvalue weighted by atomic mass is 79.9. The zero-order valence-corrected chi connectivity index (χ0v) is 21.6. The van der Waals surface area contributed by atoms with Crippen LogP contribution in [0, 0.1) is 0 Å². The summed E-state index contributed by atoms with van der Waals surface area (Å²) in [5.74, 6) is 1.20. The maximum absolute atomic E-state index is 12.7. The van der Waals surface area contributed by atoms with Gasteiger partial charge >= 0.3 is 0 Å². The standard InChI is InChI=1S/C25H27BrN2O5S/c1-4-32-21-10-6-20(7-11-21)28-34(30,31)22-12-8-19(9-13-22)27-25(29)16-33-24-14-5-18(26)15-23(24)17(2)3/h5-15,17,28H,4,16H2,1-3H3,(H,27,29). The second kappa shape index (κ2) is 11.4. The molecule has 180 valence electrons. The van der Waals surface area contributed by atoms with Crippen LogP contribution < -0.4 is 19.5 Å². The molecule has 0 saturated heterocycles. The van der Waals surface area contributed by atoms with Crippen LogP contribution in [0.2, 0.25) is 0 Å². The normalized spacial score (nSPS) is 11.2. The fraction of sp³-hybridized carbons (Fsp3) is 0.240. The lowest BCUT2D eigenvalue weighted by molar-refractivity contribution is -0.118. The van der Waals surface area contributed by atoms with E-state index in [4.69, 9.17) is 9.47 Å². The second-order valence-electron chi connectivity index (χ2n) is 7.76. The number of halogens is 1. The topological polar surface area (TPSA) is 93.7 Å². The van der Waals surface area contributed by atoms with Crippen molar-refractivity contribution in [2.24, 2.45) is 0 Å². The van der Waals surface area contributed by atoms with Gasteiger partial charge in [-0.2, -0.15) is 0 Å². The Bertz CT molecular complexity index is 1230. The third kappa shape index (κ3) is 6.98. The Labute approximate surface area is 208 Å². The van der Waals surface area contributed by atoms with Crippen LogP contribution in [0.4, 0.5) is 11.4 Å². The predicted octanol–water partition coefficient (Wildman–Crippen LogP) is 5.79. The molecule has 34 heavy (non-hydrogen) atoms. The molecule has 0 aromatic heterocycles. The van der Waals surface area contributed by atoms with E-state index in [1.54, 1.807) is 24.3 Å². The van der Waals surface area contributed by atoms with E-state index in [1.807, 2.05) is 25.1 Å². The Morgan fingerprint density at radius 2 is 1.59 bits per heavy atom. The third-order valence-corrected chi connectivity index (χ3v) is 6.71. The average Bonchev–Trinajstić information content (AvgIpc) is 2.80. The van der Waals surface area contributed by atoms with Gasteiger partial charge in [0.15, 0.2) is 6.61 Å². The lowest BCUT2D eigenvalue weighted by Crippen LogP contribution is -2.20. The first-order valence-corrected chi connectivity index (χ1v) is 13.0. The first-order chi connectivity index (χ1) is 16.2. The number of anilines is 2. The number of sulfonamides is 1. The number of carbonyl (C=O) groups excluding carboxylic acids is 1. The Balaban J connectivity index is 1.59. The highest BCUT2D eigenvalue weighted by Crippen LogP contribution is 2.29. The molecule has 0 bridgehead atoms. The van der Waals surface area contributed by atoms with Gasteiger partial charge in [0.25, 0.3) is 15.9 Å². The van der Waals surface area contributed by atoms with Crippen LogP contribution >= 0.6 is 15.9 Å². The van der Waals surface area contributed by atoms with Crippen LogP contribution in [-0.4, -0.2) is 27.5 Å². The molecular weight excluding hydrogens is 520 g/mol. The number of nitrogens with one attached hydrogen (secondary N) is 2. The summed E-state index contributed by atoms with van der Waals surface area (Å²) in [6.07, 6.45) is 0. The van der Waals surface area contributed by atoms with E-state index in [-0.39, 0.29) is 23.3 Å². The molecule has 9 heteroatoms. The van der Waals surface area contributed by atoms with Crippen LogP contribution in [0.5, 0.6) is 11.5 Å². The fourth-order valence-electron chi connectivity index (χ4n) is 3.16. The summed E-state index contributed by atoms with van der Waals surface area (Å²) in [7, 11) is -3.78. The average molecular weight is 547 g/mol. The van der Waals surface area contributed by atoms with E-state index in [1.165, 1.54) is 24.3 Å². The highest BCUT2D eigenvalue weighted by Gasteiger charge is 2.15. The lowest BCUT2D eigenvalue weighted by Gasteiger charge is -2.14. The Kier molecular flexibility index (Phi) is 8.57. The van der Waals surface area contributed by atoms with Crippen molar-refractivity contribution in [1.29, 1.82) is 0 Å². The molecule has 0 aliphatic carbocycles. The Morgan fingerprint density at radius 3 is 2.21 bits per heavy atom. The number of ether oxygens (including phenoxy) is 2. The van der Waals surface area contributed by atoms with Crippen molar-refractivity contribution in [1.82, 2.24) is 0 Å². The smallest absolute Gasteiger partial charge is 0.262 e. The van der Waals surface area contributed by atoms with Gasteiger partial charge in [0, 0.05) is 15.8 Å². The molecule has 1 amide bonds. The van der Waals surface area contributed by atoms with Gasteiger partial charge in [-0.3, -0.25) is 9.52 Å². The zero-order valence-electron chi connectivity index (χ0n) is 19.2. The summed E-state index contributed by atoms with van der Waals surface area (Å²) in [5.41, 5.74) is 1.89. The van der Waals surface area contributed by atoms with Gasteiger partial charge in [-0.1, -0.05) is 29.8 Å². The number of amides is 1. The van der Waals surface area contributed by atoms with Gasteiger partial charge in [-0.25, -0.2) is 8.42 Å². The van der Waals surface area contributed by atoms with Crippen molar-refractivity contribution in [3.05, 3.63) is 76.8 Å². The molecule has 3 aromatic carbocycles. The van der Waals surface area contributed by atoms with E-state index in [0.717, 1.165) is 10.0 Å². The van der Waals surface area contributed by atoms with Crippen molar-refractivity contribution in [3.8, 4) is 11.5 Å². The largest absolute Gasteiger partial charge is 0.494 e. The molecule has 2 N–H and O–H groups in total. The van der Waals surface area contributed by atoms with E-state index in [2.05, 4.69) is 39.8 Å². The van der Waals surface area contributed by atoms with Gasteiger partial charge < -0.3 is 14.8 Å². The Hall–Kier alpha value is -3.04. The quantitative estimate of drug-likeness (QED) is 0.335. The van der Waals surface area contributed by atoms with Crippen molar-refractivity contribution in [3.63, 3.8) is 0 Å². The minimum Gasteiger partial charge on any atom is -0.494 e. The summed E-state index contributed by atoms with van der Waals surface area (Å²) >= 11 is 3.45. The van der Waals surface area contributed by atoms with Gasteiger partial charge in [0.1, 0.15) is 11.5 Å². The summed E-state index contributed by atoms with van der Waals surface area (Å²) in [6.45, 7) is 6.34. The maximum atomic E-state index is 12.7. The van der Waals surface area contributed by atoms with Crippen molar-refractivity contribution < 1.29 is 22.7 Å². The van der Waals surface area contributed by atoms with E-state index >= 15 is 0 Å². The van der Waals surface area contributed by atoms with E-state index < -0.39 is 10.0 Å². The molecule has 3 aromatic rings. The second-order valence-corrected chi connectivity index (χ2v) is 10.4. The highest BCUT2D eigenvalue weighted by molar-refractivity contribution is 9.10. The van der Waals surface area contributed by atoms with Crippen molar-refractivity contribution in [2.45, 2.75) is 31.6 Å². The minimum atomic E-state index is -3.78. The molecule has 0 atom stereocenters. The van der Waals surface area contributed by atoms with E-state index in [9.17, 15) is 13.2 Å². The fourth-order valence-corrected chi connectivity index (χ4v) is 4.60. The van der Waals surface area contributed by atoms with Crippen LogP contribution in [0.1, 0.15) is 32.3 Å². The Morgan fingerprint density at radius 1 is 0.941 bits per heavy atom. The number of rotatable bonds is 10. The number of hydrogen-bond acceptors (Lipinski definition) is 5. The summed E-state index contributed by atoms with van der Waals surface area (Å²) in [5, 5.41) is 2.72. The molecule has 0 aliphatic rings. The molecule has 0 aliphatic heterocycles. The lowest BCUT2D eigenvalue weighted by atomic mass is 10.0. The SMILES string of the molecule is CCOc1ccc(NS(=O)(=O)c2ccc(NC(=O)COc3ccc(Br)cc3C(C)C)cc2)cc1. The van der Waals surface area contributed by atoms with Crippen LogP contribution in [0.25, 0.3) is 0 Å². The van der Waals surface area contributed by atoms with Gasteiger partial charge in [0.2, 0.25) is 0 Å². The first kappa shape index (κ1) is 25.6. The summed E-state index contributed by atoms with van der Waals surface area (Å²) < 4.78 is 39.9. The molecule has 0 radical (unpaired) electrons. The molecule has 3 rings (SSSR count). The molecule has 0 fully saturated rings. The molecule has 7 nitrogen and oxygen atoms in total.